The molecule has 8 nitrogen and oxygen atoms in total. The van der Waals surface area contributed by atoms with Crippen LogP contribution in [0.1, 0.15) is 44.0 Å². The number of anilines is 1. The standard InChI is InChI=1S/C19H18N2O6S/c20-17(23)16-11-3-1-2-4-14(11)28-18(16)21-15(22)8-25-19(24)10-5-6-12-13(7-10)27-9-26-12/h5-7H,1-4,8-9H2,(H2,20,23)(H,21,22). The Morgan fingerprint density at radius 3 is 2.75 bits per heavy atom. The van der Waals surface area contributed by atoms with Gasteiger partial charge in [0.05, 0.1) is 11.1 Å². The minimum atomic E-state index is -0.658. The molecule has 0 saturated heterocycles. The van der Waals surface area contributed by atoms with Crippen molar-refractivity contribution in [2.45, 2.75) is 25.7 Å². The molecule has 2 aromatic rings. The van der Waals surface area contributed by atoms with E-state index in [1.165, 1.54) is 23.5 Å². The van der Waals surface area contributed by atoms with Crippen LogP contribution in [0, 0.1) is 0 Å². The Kier molecular flexibility index (Phi) is 4.91. The molecule has 4 rings (SSSR count). The molecule has 2 heterocycles. The molecular formula is C19H18N2O6S. The number of nitrogens with two attached hydrogens (primary N) is 1. The van der Waals surface area contributed by atoms with Crippen molar-refractivity contribution < 1.29 is 28.6 Å². The normalized spacial score (nSPS) is 14.3. The molecule has 9 heteroatoms. The lowest BCUT2D eigenvalue weighted by atomic mass is 9.95. The van der Waals surface area contributed by atoms with Crippen LogP contribution in [0.3, 0.4) is 0 Å². The molecule has 0 fully saturated rings. The highest BCUT2D eigenvalue weighted by molar-refractivity contribution is 7.17. The van der Waals surface area contributed by atoms with Gasteiger partial charge in [0.15, 0.2) is 18.1 Å². The molecule has 3 N–H and O–H groups in total. The van der Waals surface area contributed by atoms with E-state index in [0.717, 1.165) is 36.1 Å². The summed E-state index contributed by atoms with van der Waals surface area (Å²) in [6.45, 7) is -0.378. The highest BCUT2D eigenvalue weighted by atomic mass is 32.1. The molecule has 2 aliphatic rings. The van der Waals surface area contributed by atoms with Crippen molar-refractivity contribution in [3.63, 3.8) is 0 Å². The van der Waals surface area contributed by atoms with Gasteiger partial charge in [-0.3, -0.25) is 9.59 Å². The fraction of sp³-hybridized carbons (Fsp3) is 0.316. The summed E-state index contributed by atoms with van der Waals surface area (Å²) in [5, 5.41) is 3.07. The maximum Gasteiger partial charge on any atom is 0.338 e. The summed E-state index contributed by atoms with van der Waals surface area (Å²) < 4.78 is 15.5. The lowest BCUT2D eigenvalue weighted by Gasteiger charge is -2.11. The Labute approximate surface area is 164 Å². The quantitative estimate of drug-likeness (QED) is 0.741. The molecular weight excluding hydrogens is 384 g/mol. The van der Waals surface area contributed by atoms with Gasteiger partial charge in [0.25, 0.3) is 11.8 Å². The van der Waals surface area contributed by atoms with E-state index in [0.29, 0.717) is 22.1 Å². The fourth-order valence-electron chi connectivity index (χ4n) is 3.32. The van der Waals surface area contributed by atoms with Crippen LogP contribution < -0.4 is 20.5 Å². The van der Waals surface area contributed by atoms with E-state index in [-0.39, 0.29) is 12.4 Å². The Bertz CT molecular complexity index is 968. The molecule has 1 aromatic heterocycles. The maximum atomic E-state index is 12.2. The number of aryl methyl sites for hydroxylation is 1. The van der Waals surface area contributed by atoms with Crippen molar-refractivity contribution in [3.05, 3.63) is 39.8 Å². The first-order valence-corrected chi connectivity index (χ1v) is 9.65. The summed E-state index contributed by atoms with van der Waals surface area (Å²) in [6, 6.07) is 4.64. The van der Waals surface area contributed by atoms with E-state index in [9.17, 15) is 14.4 Å². The summed E-state index contributed by atoms with van der Waals surface area (Å²) in [7, 11) is 0. The van der Waals surface area contributed by atoms with Gasteiger partial charge < -0.3 is 25.3 Å². The Morgan fingerprint density at radius 1 is 1.14 bits per heavy atom. The van der Waals surface area contributed by atoms with Crippen LogP contribution in [0.15, 0.2) is 18.2 Å². The first-order valence-electron chi connectivity index (χ1n) is 8.84. The van der Waals surface area contributed by atoms with Crippen molar-refractivity contribution in [2.75, 3.05) is 18.7 Å². The topological polar surface area (TPSA) is 117 Å². The van der Waals surface area contributed by atoms with Crippen molar-refractivity contribution >= 4 is 34.1 Å². The van der Waals surface area contributed by atoms with Crippen molar-refractivity contribution in [2.24, 2.45) is 5.73 Å². The average Bonchev–Trinajstić information content (AvgIpc) is 3.29. The molecule has 1 aromatic carbocycles. The van der Waals surface area contributed by atoms with Gasteiger partial charge in [0, 0.05) is 4.88 Å². The predicted molar refractivity (Wildman–Crippen MR) is 101 cm³/mol. The second-order valence-electron chi connectivity index (χ2n) is 6.47. The van der Waals surface area contributed by atoms with Gasteiger partial charge in [-0.25, -0.2) is 4.79 Å². The van der Waals surface area contributed by atoms with Gasteiger partial charge in [-0.15, -0.1) is 11.3 Å². The molecule has 146 valence electrons. The monoisotopic (exact) mass is 402 g/mol. The Hall–Kier alpha value is -3.07. The van der Waals surface area contributed by atoms with E-state index in [1.54, 1.807) is 6.07 Å². The molecule has 1 aliphatic carbocycles. The zero-order chi connectivity index (χ0) is 19.7. The fourth-order valence-corrected chi connectivity index (χ4v) is 4.63. The van der Waals surface area contributed by atoms with E-state index < -0.39 is 24.4 Å². The Balaban J connectivity index is 1.40. The third kappa shape index (κ3) is 3.53. The van der Waals surface area contributed by atoms with Gasteiger partial charge in [0.2, 0.25) is 6.79 Å². The number of benzene rings is 1. The molecule has 0 unspecified atom stereocenters. The summed E-state index contributed by atoms with van der Waals surface area (Å²) in [5.41, 5.74) is 7.06. The van der Waals surface area contributed by atoms with Crippen LogP contribution in [0.4, 0.5) is 5.00 Å². The van der Waals surface area contributed by atoms with Gasteiger partial charge in [-0.1, -0.05) is 0 Å². The number of rotatable bonds is 5. The molecule has 1 aliphatic heterocycles. The summed E-state index contributed by atoms with van der Waals surface area (Å²) in [6.07, 6.45) is 3.69. The Morgan fingerprint density at radius 2 is 1.93 bits per heavy atom. The number of carbonyl (C=O) groups excluding carboxylic acids is 3. The van der Waals surface area contributed by atoms with E-state index in [2.05, 4.69) is 5.32 Å². The summed E-state index contributed by atoms with van der Waals surface area (Å²) in [4.78, 5) is 37.3. The second-order valence-corrected chi connectivity index (χ2v) is 7.58. The highest BCUT2D eigenvalue weighted by Gasteiger charge is 2.25. The number of fused-ring (bicyclic) bond motifs is 2. The molecule has 0 radical (unpaired) electrons. The van der Waals surface area contributed by atoms with Crippen LogP contribution in [0.25, 0.3) is 0 Å². The molecule has 0 bridgehead atoms. The number of ether oxygens (including phenoxy) is 3. The summed E-state index contributed by atoms with van der Waals surface area (Å²) in [5.74, 6) is -0.750. The van der Waals surface area contributed by atoms with Crippen LogP contribution in [-0.4, -0.2) is 31.2 Å². The lowest BCUT2D eigenvalue weighted by molar-refractivity contribution is -0.119. The number of primary amides is 1. The van der Waals surface area contributed by atoms with Crippen molar-refractivity contribution in [1.29, 1.82) is 0 Å². The number of hydrogen-bond acceptors (Lipinski definition) is 7. The number of thiophene rings is 1. The van der Waals surface area contributed by atoms with E-state index in [4.69, 9.17) is 19.9 Å². The van der Waals surface area contributed by atoms with E-state index >= 15 is 0 Å². The van der Waals surface area contributed by atoms with Crippen molar-refractivity contribution in [3.8, 4) is 11.5 Å². The molecule has 0 saturated carbocycles. The lowest BCUT2D eigenvalue weighted by Crippen LogP contribution is -2.23. The zero-order valence-electron chi connectivity index (χ0n) is 14.9. The minimum Gasteiger partial charge on any atom is -0.454 e. The molecule has 0 atom stereocenters. The first kappa shape index (κ1) is 18.3. The minimum absolute atomic E-state index is 0.100. The number of nitrogens with one attached hydrogen (secondary N) is 1. The van der Waals surface area contributed by atoms with Crippen LogP contribution >= 0.6 is 11.3 Å². The van der Waals surface area contributed by atoms with Gasteiger partial charge in [-0.05, 0) is 49.4 Å². The number of esters is 1. The van der Waals surface area contributed by atoms with Crippen LogP contribution in [0.5, 0.6) is 11.5 Å². The van der Waals surface area contributed by atoms with Gasteiger partial charge in [-0.2, -0.15) is 0 Å². The molecule has 2 amide bonds. The molecule has 0 spiro atoms. The number of hydrogen-bond donors (Lipinski definition) is 2. The zero-order valence-corrected chi connectivity index (χ0v) is 15.7. The summed E-state index contributed by atoms with van der Waals surface area (Å²) >= 11 is 1.36. The van der Waals surface area contributed by atoms with Gasteiger partial charge in [0.1, 0.15) is 5.00 Å². The third-order valence-electron chi connectivity index (χ3n) is 4.61. The van der Waals surface area contributed by atoms with Crippen molar-refractivity contribution in [1.82, 2.24) is 0 Å². The highest BCUT2D eigenvalue weighted by Crippen LogP contribution is 2.38. The average molecular weight is 402 g/mol. The number of amides is 2. The van der Waals surface area contributed by atoms with Crippen LogP contribution in [-0.2, 0) is 22.4 Å². The second kappa shape index (κ2) is 7.51. The number of carbonyl (C=O) groups is 3. The third-order valence-corrected chi connectivity index (χ3v) is 5.82. The maximum absolute atomic E-state index is 12.2. The smallest absolute Gasteiger partial charge is 0.338 e. The SMILES string of the molecule is NC(=O)c1c(NC(=O)COC(=O)c2ccc3c(c2)OCO3)sc2c1CCCC2. The van der Waals surface area contributed by atoms with E-state index in [1.807, 2.05) is 0 Å². The largest absolute Gasteiger partial charge is 0.454 e. The van der Waals surface area contributed by atoms with Gasteiger partial charge >= 0.3 is 5.97 Å². The predicted octanol–water partition coefficient (Wildman–Crippen LogP) is 2.25. The first-order chi connectivity index (χ1) is 13.5. The van der Waals surface area contributed by atoms with Crippen LogP contribution in [0.2, 0.25) is 0 Å². The molecule has 28 heavy (non-hydrogen) atoms.